The van der Waals surface area contributed by atoms with E-state index in [9.17, 15) is 0 Å². The number of rotatable bonds is 0. The summed E-state index contributed by atoms with van der Waals surface area (Å²) in [5.41, 5.74) is -0.356. The van der Waals surface area contributed by atoms with Gasteiger partial charge in [-0.1, -0.05) is 0 Å². The smallest absolute Gasteiger partial charge is 0.246 e. The molecule has 0 amide bonds. The quantitative estimate of drug-likeness (QED) is 0.473. The van der Waals surface area contributed by atoms with E-state index in [1.54, 1.807) is 12.3 Å². The summed E-state index contributed by atoms with van der Waals surface area (Å²) in [6.45, 7) is 0.605. The maximum Gasteiger partial charge on any atom is 0.246 e. The van der Waals surface area contributed by atoms with Gasteiger partial charge in [-0.25, -0.2) is 0 Å². The van der Waals surface area contributed by atoms with Gasteiger partial charge in [0.1, 0.15) is 0 Å². The van der Waals surface area contributed by atoms with Crippen LogP contribution >= 0.6 is 12.6 Å². The number of hydrogen-bond donors (Lipinski definition) is 1. The van der Waals surface area contributed by atoms with E-state index in [-0.39, 0.29) is 5.62 Å². The standard InChI is InChI=1S/C4H6O2S/c7-4-5-2-1-3-6-4/h1-2,4,7H,3H2. The molecule has 40 valence electrons. The predicted molar refractivity (Wildman–Crippen MR) is 29.0 cm³/mol. The Bertz CT molecular complexity index is 81.8. The highest BCUT2D eigenvalue weighted by Gasteiger charge is 2.01. The average Bonchev–Trinajstić information content (AvgIpc) is 1.69. The van der Waals surface area contributed by atoms with Crippen molar-refractivity contribution in [2.24, 2.45) is 0 Å². The van der Waals surface area contributed by atoms with E-state index in [2.05, 4.69) is 12.6 Å². The molecule has 2 nitrogen and oxygen atoms in total. The second-order valence-electron chi connectivity index (χ2n) is 1.15. The van der Waals surface area contributed by atoms with E-state index < -0.39 is 0 Å². The summed E-state index contributed by atoms with van der Waals surface area (Å²) in [6.07, 6.45) is 3.37. The first-order valence-corrected chi connectivity index (χ1v) is 2.51. The first-order chi connectivity index (χ1) is 3.39. The lowest BCUT2D eigenvalue weighted by Gasteiger charge is -2.13. The van der Waals surface area contributed by atoms with E-state index in [0.717, 1.165) is 0 Å². The molecule has 0 aliphatic carbocycles. The van der Waals surface area contributed by atoms with Crippen LogP contribution in [0.2, 0.25) is 0 Å². The fourth-order valence-corrected chi connectivity index (χ4v) is 0.496. The fraction of sp³-hybridized carbons (Fsp3) is 0.500. The molecule has 1 aliphatic heterocycles. The summed E-state index contributed by atoms with van der Waals surface area (Å²) < 4.78 is 9.57. The van der Waals surface area contributed by atoms with Crippen LogP contribution in [0.25, 0.3) is 0 Å². The number of ether oxygens (including phenoxy) is 2. The van der Waals surface area contributed by atoms with Crippen LogP contribution in [0, 0.1) is 0 Å². The summed E-state index contributed by atoms with van der Waals surface area (Å²) in [4.78, 5) is 0. The summed E-state index contributed by atoms with van der Waals surface area (Å²) in [7, 11) is 0. The van der Waals surface area contributed by atoms with Gasteiger partial charge in [-0.05, 0) is 6.08 Å². The molecule has 0 fully saturated rings. The molecule has 1 aliphatic rings. The monoisotopic (exact) mass is 118 g/mol. The minimum Gasteiger partial charge on any atom is -0.463 e. The van der Waals surface area contributed by atoms with Crippen LogP contribution in [0.15, 0.2) is 12.3 Å². The molecule has 1 heterocycles. The lowest BCUT2D eigenvalue weighted by molar-refractivity contribution is -0.0436. The second-order valence-corrected chi connectivity index (χ2v) is 1.57. The van der Waals surface area contributed by atoms with Crippen molar-refractivity contribution >= 4 is 12.6 Å². The summed E-state index contributed by atoms with van der Waals surface area (Å²) in [5.74, 6) is 0. The van der Waals surface area contributed by atoms with Gasteiger partial charge in [-0.2, -0.15) is 0 Å². The lowest BCUT2D eigenvalue weighted by atomic mass is 10.7. The minimum absolute atomic E-state index is 0.356. The third-order valence-corrected chi connectivity index (χ3v) is 0.897. The first-order valence-electron chi connectivity index (χ1n) is 2.00. The van der Waals surface area contributed by atoms with Gasteiger partial charge in [0.05, 0.1) is 12.9 Å². The van der Waals surface area contributed by atoms with Crippen LogP contribution in [-0.4, -0.2) is 12.2 Å². The Hall–Kier alpha value is -0.150. The summed E-state index contributed by atoms with van der Waals surface area (Å²) >= 11 is 3.87. The molecule has 0 radical (unpaired) electrons. The van der Waals surface area contributed by atoms with Gasteiger partial charge < -0.3 is 9.47 Å². The van der Waals surface area contributed by atoms with E-state index in [0.29, 0.717) is 6.61 Å². The molecule has 0 bridgehead atoms. The zero-order valence-electron chi connectivity index (χ0n) is 3.70. The molecule has 1 atom stereocenters. The third-order valence-electron chi connectivity index (χ3n) is 0.626. The summed E-state index contributed by atoms with van der Waals surface area (Å²) in [5, 5.41) is 0. The number of thiol groups is 1. The molecule has 0 aromatic carbocycles. The van der Waals surface area contributed by atoms with Crippen molar-refractivity contribution in [1.82, 2.24) is 0 Å². The molecule has 1 unspecified atom stereocenters. The lowest BCUT2D eigenvalue weighted by Crippen LogP contribution is -2.10. The van der Waals surface area contributed by atoms with E-state index in [4.69, 9.17) is 9.47 Å². The maximum absolute atomic E-state index is 4.83. The average molecular weight is 118 g/mol. The van der Waals surface area contributed by atoms with Gasteiger partial charge in [0.15, 0.2) is 0 Å². The molecular weight excluding hydrogens is 112 g/mol. The first kappa shape index (κ1) is 5.00. The Kier molecular flexibility index (Phi) is 1.59. The Labute approximate surface area is 47.5 Å². The van der Waals surface area contributed by atoms with E-state index in [1.807, 2.05) is 0 Å². The molecule has 0 aromatic heterocycles. The van der Waals surface area contributed by atoms with E-state index >= 15 is 0 Å². The molecule has 0 saturated carbocycles. The van der Waals surface area contributed by atoms with Crippen molar-refractivity contribution in [3.63, 3.8) is 0 Å². The van der Waals surface area contributed by atoms with Gasteiger partial charge in [0, 0.05) is 0 Å². The summed E-state index contributed by atoms with van der Waals surface area (Å²) in [6, 6.07) is 0. The van der Waals surface area contributed by atoms with Gasteiger partial charge in [0.25, 0.3) is 0 Å². The topological polar surface area (TPSA) is 18.5 Å². The highest BCUT2D eigenvalue weighted by atomic mass is 32.1. The Morgan fingerprint density at radius 1 is 1.71 bits per heavy atom. The Balaban J connectivity index is 2.32. The minimum atomic E-state index is -0.356. The van der Waals surface area contributed by atoms with Crippen LogP contribution < -0.4 is 0 Å². The van der Waals surface area contributed by atoms with Gasteiger partial charge in [-0.15, -0.1) is 12.6 Å². The van der Waals surface area contributed by atoms with Crippen molar-refractivity contribution in [2.45, 2.75) is 5.62 Å². The van der Waals surface area contributed by atoms with Crippen LogP contribution in [-0.2, 0) is 9.47 Å². The van der Waals surface area contributed by atoms with Crippen molar-refractivity contribution in [3.05, 3.63) is 12.3 Å². The van der Waals surface area contributed by atoms with Crippen molar-refractivity contribution < 1.29 is 9.47 Å². The normalized spacial score (nSPS) is 29.6. The van der Waals surface area contributed by atoms with Crippen LogP contribution in [0.5, 0.6) is 0 Å². The fourth-order valence-electron chi connectivity index (χ4n) is 0.339. The molecular formula is C4H6O2S. The van der Waals surface area contributed by atoms with Crippen molar-refractivity contribution in [3.8, 4) is 0 Å². The van der Waals surface area contributed by atoms with Crippen molar-refractivity contribution in [1.29, 1.82) is 0 Å². The van der Waals surface area contributed by atoms with Crippen LogP contribution in [0.4, 0.5) is 0 Å². The van der Waals surface area contributed by atoms with Gasteiger partial charge in [0.2, 0.25) is 5.62 Å². The van der Waals surface area contributed by atoms with Gasteiger partial charge >= 0.3 is 0 Å². The van der Waals surface area contributed by atoms with E-state index in [1.165, 1.54) is 0 Å². The Morgan fingerprint density at radius 3 is 2.86 bits per heavy atom. The second kappa shape index (κ2) is 2.23. The largest absolute Gasteiger partial charge is 0.463 e. The molecule has 3 heteroatoms. The third kappa shape index (κ3) is 1.41. The van der Waals surface area contributed by atoms with Crippen LogP contribution in [0.1, 0.15) is 0 Å². The predicted octanol–water partition coefficient (Wildman–Crippen LogP) is 0.760. The SMILES string of the molecule is SC1OC=CCO1. The molecule has 0 N–H and O–H groups in total. The Morgan fingerprint density at radius 2 is 2.57 bits per heavy atom. The van der Waals surface area contributed by atoms with Gasteiger partial charge in [-0.3, -0.25) is 0 Å². The molecule has 0 aromatic rings. The molecule has 0 spiro atoms. The molecule has 0 saturated heterocycles. The van der Waals surface area contributed by atoms with Crippen LogP contribution in [0.3, 0.4) is 0 Å². The maximum atomic E-state index is 4.83. The highest BCUT2D eigenvalue weighted by Crippen LogP contribution is 2.04. The zero-order chi connectivity index (χ0) is 5.11. The number of hydrogen-bond acceptors (Lipinski definition) is 3. The highest BCUT2D eigenvalue weighted by molar-refractivity contribution is 7.80. The molecule has 1 rings (SSSR count). The zero-order valence-corrected chi connectivity index (χ0v) is 4.60. The van der Waals surface area contributed by atoms with Crippen molar-refractivity contribution in [2.75, 3.05) is 6.61 Å². The molecule has 7 heavy (non-hydrogen) atoms.